The summed E-state index contributed by atoms with van der Waals surface area (Å²) in [6, 6.07) is 0. The monoisotopic (exact) mass is 197 g/mol. The van der Waals surface area contributed by atoms with E-state index in [-0.39, 0.29) is 5.92 Å². The first-order chi connectivity index (χ1) is 6.88. The summed E-state index contributed by atoms with van der Waals surface area (Å²) in [6.07, 6.45) is 4.15. The van der Waals surface area contributed by atoms with E-state index in [1.807, 2.05) is 0 Å². The van der Waals surface area contributed by atoms with E-state index in [4.69, 9.17) is 4.74 Å². The largest absolute Gasteiger partial charge is 0.381 e. The van der Waals surface area contributed by atoms with Crippen molar-refractivity contribution < 1.29 is 9.53 Å². The Balaban J connectivity index is 1.85. The molecule has 2 heterocycles. The van der Waals surface area contributed by atoms with Gasteiger partial charge < -0.3 is 10.1 Å². The molecule has 1 atom stereocenters. The van der Waals surface area contributed by atoms with Crippen molar-refractivity contribution in [2.24, 2.45) is 11.8 Å². The van der Waals surface area contributed by atoms with Crippen molar-refractivity contribution >= 4 is 5.78 Å². The van der Waals surface area contributed by atoms with Gasteiger partial charge in [0.1, 0.15) is 5.78 Å². The molecule has 2 fully saturated rings. The van der Waals surface area contributed by atoms with Gasteiger partial charge in [-0.2, -0.15) is 0 Å². The van der Waals surface area contributed by atoms with Gasteiger partial charge in [0.15, 0.2) is 0 Å². The topological polar surface area (TPSA) is 38.3 Å². The van der Waals surface area contributed by atoms with Gasteiger partial charge in [-0.05, 0) is 38.8 Å². The lowest BCUT2D eigenvalue weighted by atomic mass is 9.84. The van der Waals surface area contributed by atoms with Gasteiger partial charge in [-0.25, -0.2) is 0 Å². The van der Waals surface area contributed by atoms with Gasteiger partial charge in [-0.3, -0.25) is 4.79 Å². The van der Waals surface area contributed by atoms with E-state index < -0.39 is 0 Å². The van der Waals surface area contributed by atoms with Crippen LogP contribution in [-0.4, -0.2) is 32.1 Å². The molecule has 2 aliphatic rings. The molecule has 0 aromatic rings. The van der Waals surface area contributed by atoms with Gasteiger partial charge in [-0.15, -0.1) is 0 Å². The molecule has 0 aromatic carbocycles. The number of ether oxygens (including phenoxy) is 1. The van der Waals surface area contributed by atoms with Crippen molar-refractivity contribution in [3.05, 3.63) is 0 Å². The van der Waals surface area contributed by atoms with E-state index in [9.17, 15) is 4.79 Å². The highest BCUT2D eigenvalue weighted by Gasteiger charge is 2.29. The average molecular weight is 197 g/mol. The van der Waals surface area contributed by atoms with Crippen molar-refractivity contribution in [1.29, 1.82) is 0 Å². The Morgan fingerprint density at radius 3 is 2.57 bits per heavy atom. The predicted octanol–water partition coefficient (Wildman–Crippen LogP) is 0.982. The predicted molar refractivity (Wildman–Crippen MR) is 54.1 cm³/mol. The lowest BCUT2D eigenvalue weighted by Crippen LogP contribution is -2.37. The molecule has 0 aliphatic carbocycles. The van der Waals surface area contributed by atoms with Crippen LogP contribution in [0.1, 0.15) is 25.7 Å². The third kappa shape index (κ3) is 2.34. The Hall–Kier alpha value is -0.410. The molecule has 1 N–H and O–H groups in total. The SMILES string of the molecule is O=C(C1CCNCC1)C1CCCOC1. The zero-order valence-corrected chi connectivity index (χ0v) is 8.63. The first kappa shape index (κ1) is 10.1. The maximum absolute atomic E-state index is 12.0. The third-order valence-corrected chi connectivity index (χ3v) is 3.30. The molecule has 0 bridgehead atoms. The van der Waals surface area contributed by atoms with Crippen LogP contribution in [0.15, 0.2) is 0 Å². The summed E-state index contributed by atoms with van der Waals surface area (Å²) in [5, 5.41) is 3.29. The van der Waals surface area contributed by atoms with Crippen LogP contribution in [0.4, 0.5) is 0 Å². The van der Waals surface area contributed by atoms with E-state index in [0.29, 0.717) is 18.3 Å². The maximum Gasteiger partial charge on any atom is 0.141 e. The lowest BCUT2D eigenvalue weighted by Gasteiger charge is -2.27. The number of hydrogen-bond donors (Lipinski definition) is 1. The van der Waals surface area contributed by atoms with Crippen LogP contribution in [0, 0.1) is 11.8 Å². The highest BCUT2D eigenvalue weighted by Crippen LogP contribution is 2.23. The summed E-state index contributed by atoms with van der Waals surface area (Å²) >= 11 is 0. The van der Waals surface area contributed by atoms with E-state index in [1.165, 1.54) is 0 Å². The number of carbonyl (C=O) groups is 1. The Labute approximate surface area is 85.2 Å². The molecule has 0 spiro atoms. The molecule has 2 rings (SSSR count). The number of hydrogen-bond acceptors (Lipinski definition) is 3. The molecular formula is C11H19NO2. The Bertz CT molecular complexity index is 173. The molecular weight excluding hydrogens is 178 g/mol. The molecule has 80 valence electrons. The van der Waals surface area contributed by atoms with Crippen LogP contribution in [0.5, 0.6) is 0 Å². The Morgan fingerprint density at radius 2 is 1.93 bits per heavy atom. The lowest BCUT2D eigenvalue weighted by molar-refractivity contribution is -0.131. The van der Waals surface area contributed by atoms with Crippen molar-refractivity contribution in [3.8, 4) is 0 Å². The first-order valence-electron chi connectivity index (χ1n) is 5.70. The van der Waals surface area contributed by atoms with Crippen LogP contribution in [0.3, 0.4) is 0 Å². The first-order valence-corrected chi connectivity index (χ1v) is 5.70. The van der Waals surface area contributed by atoms with Crippen molar-refractivity contribution in [1.82, 2.24) is 5.32 Å². The summed E-state index contributed by atoms with van der Waals surface area (Å²) < 4.78 is 5.36. The normalized spacial score (nSPS) is 30.1. The van der Waals surface area contributed by atoms with Gasteiger partial charge in [0, 0.05) is 18.4 Å². The summed E-state index contributed by atoms with van der Waals surface area (Å²) in [6.45, 7) is 3.52. The number of Topliss-reactive ketones (excluding diaryl/α,β-unsaturated/α-hetero) is 1. The number of rotatable bonds is 2. The van der Waals surface area contributed by atoms with Crippen LogP contribution in [0.25, 0.3) is 0 Å². The third-order valence-electron chi connectivity index (χ3n) is 3.30. The summed E-state index contributed by atoms with van der Waals surface area (Å²) in [7, 11) is 0. The molecule has 3 heteroatoms. The van der Waals surface area contributed by atoms with Crippen LogP contribution < -0.4 is 5.32 Å². The number of nitrogens with one attached hydrogen (secondary N) is 1. The van der Waals surface area contributed by atoms with E-state index in [2.05, 4.69) is 5.32 Å². The molecule has 0 saturated carbocycles. The smallest absolute Gasteiger partial charge is 0.141 e. The second-order valence-electron chi connectivity index (χ2n) is 4.34. The standard InChI is InChI=1S/C11H19NO2/c13-11(9-3-5-12-6-4-9)10-2-1-7-14-8-10/h9-10,12H,1-8H2. The van der Waals surface area contributed by atoms with Gasteiger partial charge in [0.2, 0.25) is 0 Å². The Morgan fingerprint density at radius 1 is 1.14 bits per heavy atom. The summed E-state index contributed by atoms with van der Waals surface area (Å²) in [5.74, 6) is 0.973. The summed E-state index contributed by atoms with van der Waals surface area (Å²) in [5.41, 5.74) is 0. The molecule has 2 aliphatic heterocycles. The van der Waals surface area contributed by atoms with Gasteiger partial charge >= 0.3 is 0 Å². The minimum Gasteiger partial charge on any atom is -0.381 e. The fourth-order valence-electron chi connectivity index (χ4n) is 2.40. The van der Waals surface area contributed by atoms with E-state index in [0.717, 1.165) is 45.4 Å². The molecule has 2 saturated heterocycles. The van der Waals surface area contributed by atoms with Crippen molar-refractivity contribution in [2.45, 2.75) is 25.7 Å². The number of carbonyl (C=O) groups excluding carboxylic acids is 1. The quantitative estimate of drug-likeness (QED) is 0.717. The fourth-order valence-corrected chi connectivity index (χ4v) is 2.40. The van der Waals surface area contributed by atoms with Gasteiger partial charge in [0.05, 0.1) is 6.61 Å². The minimum absolute atomic E-state index is 0.201. The molecule has 3 nitrogen and oxygen atoms in total. The number of ketones is 1. The zero-order chi connectivity index (χ0) is 9.80. The van der Waals surface area contributed by atoms with Crippen LogP contribution in [-0.2, 0) is 9.53 Å². The molecule has 0 radical (unpaired) electrons. The van der Waals surface area contributed by atoms with Crippen molar-refractivity contribution in [2.75, 3.05) is 26.3 Å². The highest BCUT2D eigenvalue weighted by atomic mass is 16.5. The molecule has 0 amide bonds. The second kappa shape index (κ2) is 4.89. The average Bonchev–Trinajstić information content (AvgIpc) is 2.30. The van der Waals surface area contributed by atoms with Crippen LogP contribution in [0.2, 0.25) is 0 Å². The zero-order valence-electron chi connectivity index (χ0n) is 8.63. The minimum atomic E-state index is 0.201. The molecule has 1 unspecified atom stereocenters. The van der Waals surface area contributed by atoms with Crippen molar-refractivity contribution in [3.63, 3.8) is 0 Å². The Kier molecular flexibility index (Phi) is 3.54. The number of piperidine rings is 1. The van der Waals surface area contributed by atoms with Crippen LogP contribution >= 0.6 is 0 Å². The highest BCUT2D eigenvalue weighted by molar-refractivity contribution is 5.83. The fraction of sp³-hybridized carbons (Fsp3) is 0.909. The maximum atomic E-state index is 12.0. The summed E-state index contributed by atoms with van der Waals surface area (Å²) in [4.78, 5) is 12.0. The molecule has 14 heavy (non-hydrogen) atoms. The molecule has 0 aromatic heterocycles. The van der Waals surface area contributed by atoms with Gasteiger partial charge in [0.25, 0.3) is 0 Å². The van der Waals surface area contributed by atoms with Gasteiger partial charge in [-0.1, -0.05) is 0 Å². The van der Waals surface area contributed by atoms with E-state index >= 15 is 0 Å². The second-order valence-corrected chi connectivity index (χ2v) is 4.34. The van der Waals surface area contributed by atoms with E-state index in [1.54, 1.807) is 0 Å².